The second kappa shape index (κ2) is 6.04. The molecule has 5 nitrogen and oxygen atoms in total. The zero-order chi connectivity index (χ0) is 13.0. The first-order valence-corrected chi connectivity index (χ1v) is 7.73. The normalized spacial score (nSPS) is 19.5. The summed E-state index contributed by atoms with van der Waals surface area (Å²) in [5.41, 5.74) is 5.52. The number of aryl methyl sites for hydroxylation is 1. The number of hydrogen-bond donors (Lipinski definition) is 1. The van der Waals surface area contributed by atoms with Gasteiger partial charge in [-0.1, -0.05) is 5.16 Å². The molecule has 1 aliphatic carbocycles. The van der Waals surface area contributed by atoms with Crippen LogP contribution in [0.25, 0.3) is 0 Å². The predicted molar refractivity (Wildman–Crippen MR) is 71.5 cm³/mol. The molecular weight excluding hydrogens is 250 g/mol. The standard InChI is InChI=1S/C12H21N3O2S/c1-12(13,8-16-9-4-3-5-9)11-14-10(17-15-11)6-7-18-2/h9H,3-8,13H2,1-2H3. The molecule has 1 unspecified atom stereocenters. The number of hydrogen-bond acceptors (Lipinski definition) is 6. The van der Waals surface area contributed by atoms with Crippen molar-refractivity contribution in [1.82, 2.24) is 10.1 Å². The number of nitrogens with two attached hydrogens (primary N) is 1. The van der Waals surface area contributed by atoms with E-state index in [1.165, 1.54) is 6.42 Å². The highest BCUT2D eigenvalue weighted by atomic mass is 32.2. The average molecular weight is 271 g/mol. The number of thioether (sulfide) groups is 1. The van der Waals surface area contributed by atoms with E-state index in [0.717, 1.165) is 25.0 Å². The zero-order valence-corrected chi connectivity index (χ0v) is 11.8. The van der Waals surface area contributed by atoms with Crippen molar-refractivity contribution in [3.63, 3.8) is 0 Å². The van der Waals surface area contributed by atoms with Crippen LogP contribution < -0.4 is 5.73 Å². The fourth-order valence-corrected chi connectivity index (χ4v) is 2.05. The van der Waals surface area contributed by atoms with Crippen molar-refractivity contribution in [2.45, 2.75) is 44.2 Å². The average Bonchev–Trinajstić information content (AvgIpc) is 2.73. The Balaban J connectivity index is 1.88. The van der Waals surface area contributed by atoms with Crippen LogP contribution in [0.15, 0.2) is 4.52 Å². The van der Waals surface area contributed by atoms with Crippen LogP contribution >= 0.6 is 11.8 Å². The SMILES string of the molecule is CSCCc1nc(C(C)(N)COC2CCC2)no1. The van der Waals surface area contributed by atoms with Crippen molar-refractivity contribution < 1.29 is 9.26 Å². The lowest BCUT2D eigenvalue weighted by molar-refractivity contribution is -0.0222. The van der Waals surface area contributed by atoms with Gasteiger partial charge in [0.2, 0.25) is 5.89 Å². The van der Waals surface area contributed by atoms with Gasteiger partial charge in [0, 0.05) is 12.2 Å². The van der Waals surface area contributed by atoms with Gasteiger partial charge < -0.3 is 15.0 Å². The smallest absolute Gasteiger partial charge is 0.227 e. The monoisotopic (exact) mass is 271 g/mol. The lowest BCUT2D eigenvalue weighted by Gasteiger charge is -2.29. The third kappa shape index (κ3) is 3.46. The topological polar surface area (TPSA) is 74.2 Å². The quantitative estimate of drug-likeness (QED) is 0.814. The van der Waals surface area contributed by atoms with E-state index >= 15 is 0 Å². The molecule has 1 saturated carbocycles. The van der Waals surface area contributed by atoms with Crippen LogP contribution in [0.4, 0.5) is 0 Å². The molecule has 1 atom stereocenters. The van der Waals surface area contributed by atoms with E-state index in [1.807, 2.05) is 6.92 Å². The summed E-state index contributed by atoms with van der Waals surface area (Å²) in [5.74, 6) is 2.17. The molecule has 1 aromatic rings. The van der Waals surface area contributed by atoms with Crippen LogP contribution in [-0.2, 0) is 16.7 Å². The highest BCUT2D eigenvalue weighted by molar-refractivity contribution is 7.98. The second-order valence-corrected chi connectivity index (χ2v) is 6.02. The lowest BCUT2D eigenvalue weighted by Crippen LogP contribution is -2.41. The van der Waals surface area contributed by atoms with E-state index < -0.39 is 5.54 Å². The molecule has 6 heteroatoms. The maximum atomic E-state index is 6.19. The van der Waals surface area contributed by atoms with Crippen LogP contribution in [0.2, 0.25) is 0 Å². The molecule has 0 aliphatic heterocycles. The third-order valence-electron chi connectivity index (χ3n) is 3.17. The van der Waals surface area contributed by atoms with Crippen LogP contribution in [-0.4, -0.2) is 34.9 Å². The van der Waals surface area contributed by atoms with E-state index in [2.05, 4.69) is 16.4 Å². The molecule has 0 aromatic carbocycles. The van der Waals surface area contributed by atoms with Crippen molar-refractivity contribution in [2.24, 2.45) is 5.73 Å². The molecule has 1 aliphatic rings. The largest absolute Gasteiger partial charge is 0.376 e. The van der Waals surface area contributed by atoms with Gasteiger partial charge in [-0.3, -0.25) is 0 Å². The fraction of sp³-hybridized carbons (Fsp3) is 0.833. The molecular formula is C12H21N3O2S. The third-order valence-corrected chi connectivity index (χ3v) is 3.78. The van der Waals surface area contributed by atoms with E-state index in [9.17, 15) is 0 Å². The van der Waals surface area contributed by atoms with Crippen molar-refractivity contribution >= 4 is 11.8 Å². The van der Waals surface area contributed by atoms with Gasteiger partial charge in [0.1, 0.15) is 5.54 Å². The summed E-state index contributed by atoms with van der Waals surface area (Å²) in [6, 6.07) is 0. The molecule has 1 heterocycles. The Hall–Kier alpha value is -0.590. The van der Waals surface area contributed by atoms with Crippen LogP contribution in [0, 0.1) is 0 Å². The Labute approximate surface area is 112 Å². The van der Waals surface area contributed by atoms with Crippen LogP contribution in [0.5, 0.6) is 0 Å². The van der Waals surface area contributed by atoms with Gasteiger partial charge >= 0.3 is 0 Å². The summed E-state index contributed by atoms with van der Waals surface area (Å²) in [6.45, 7) is 2.33. The predicted octanol–water partition coefficient (Wildman–Crippen LogP) is 1.72. The minimum absolute atomic E-state index is 0.371. The zero-order valence-electron chi connectivity index (χ0n) is 11.0. The molecule has 2 rings (SSSR count). The van der Waals surface area contributed by atoms with Crippen molar-refractivity contribution in [1.29, 1.82) is 0 Å². The highest BCUT2D eigenvalue weighted by Gasteiger charge is 2.30. The molecule has 0 bridgehead atoms. The van der Waals surface area contributed by atoms with Crippen molar-refractivity contribution in [2.75, 3.05) is 18.6 Å². The summed E-state index contributed by atoms with van der Waals surface area (Å²) in [6.07, 6.45) is 6.75. The minimum Gasteiger partial charge on any atom is -0.376 e. The highest BCUT2D eigenvalue weighted by Crippen LogP contribution is 2.24. The molecule has 18 heavy (non-hydrogen) atoms. The fourth-order valence-electron chi connectivity index (χ4n) is 1.67. The van der Waals surface area contributed by atoms with Crippen LogP contribution in [0.3, 0.4) is 0 Å². The molecule has 1 fully saturated rings. The van der Waals surface area contributed by atoms with Crippen molar-refractivity contribution in [3.8, 4) is 0 Å². The summed E-state index contributed by atoms with van der Waals surface area (Å²) in [5, 5.41) is 3.96. The summed E-state index contributed by atoms with van der Waals surface area (Å²) in [7, 11) is 0. The van der Waals surface area contributed by atoms with Gasteiger partial charge in [0.15, 0.2) is 5.82 Å². The van der Waals surface area contributed by atoms with Gasteiger partial charge in [-0.2, -0.15) is 16.7 Å². The first kappa shape index (κ1) is 13.8. The molecule has 0 amide bonds. The van der Waals surface area contributed by atoms with Gasteiger partial charge in [0.05, 0.1) is 12.7 Å². The Morgan fingerprint density at radius 1 is 1.56 bits per heavy atom. The van der Waals surface area contributed by atoms with Crippen molar-refractivity contribution in [3.05, 3.63) is 11.7 Å². The Morgan fingerprint density at radius 2 is 2.33 bits per heavy atom. The van der Waals surface area contributed by atoms with E-state index in [0.29, 0.717) is 24.4 Å². The Morgan fingerprint density at radius 3 is 2.94 bits per heavy atom. The number of nitrogens with zero attached hydrogens (tertiary/aromatic N) is 2. The van der Waals surface area contributed by atoms with E-state index in [4.69, 9.17) is 15.0 Å². The molecule has 1 aromatic heterocycles. The van der Waals surface area contributed by atoms with Gasteiger partial charge in [-0.05, 0) is 32.4 Å². The number of aromatic nitrogens is 2. The number of rotatable bonds is 7. The van der Waals surface area contributed by atoms with E-state index in [1.54, 1.807) is 11.8 Å². The lowest BCUT2D eigenvalue weighted by atomic mass is 9.95. The van der Waals surface area contributed by atoms with Gasteiger partial charge in [-0.15, -0.1) is 0 Å². The molecule has 0 radical (unpaired) electrons. The van der Waals surface area contributed by atoms with Gasteiger partial charge in [0.25, 0.3) is 0 Å². The maximum absolute atomic E-state index is 6.19. The number of ether oxygens (including phenoxy) is 1. The molecule has 102 valence electrons. The second-order valence-electron chi connectivity index (χ2n) is 5.04. The first-order chi connectivity index (χ1) is 8.62. The molecule has 0 spiro atoms. The minimum atomic E-state index is -0.670. The summed E-state index contributed by atoms with van der Waals surface area (Å²) in [4.78, 5) is 4.35. The molecule has 0 saturated heterocycles. The molecule has 2 N–H and O–H groups in total. The summed E-state index contributed by atoms with van der Waals surface area (Å²) >= 11 is 1.75. The Kier molecular flexibility index (Phi) is 4.64. The van der Waals surface area contributed by atoms with Crippen LogP contribution in [0.1, 0.15) is 37.9 Å². The Bertz CT molecular complexity index is 377. The van der Waals surface area contributed by atoms with Gasteiger partial charge in [-0.25, -0.2) is 0 Å². The first-order valence-electron chi connectivity index (χ1n) is 6.34. The summed E-state index contributed by atoms with van der Waals surface area (Å²) < 4.78 is 10.9. The van der Waals surface area contributed by atoms with E-state index in [-0.39, 0.29) is 0 Å². The maximum Gasteiger partial charge on any atom is 0.227 e.